The fraction of sp³-hybridized carbons (Fsp3) is 0. The van der Waals surface area contributed by atoms with Crippen LogP contribution in [-0.2, 0) is 0 Å². The maximum atomic E-state index is 5.44. The van der Waals surface area contributed by atoms with E-state index in [1.165, 1.54) is 76.1 Å². The summed E-state index contributed by atoms with van der Waals surface area (Å²) in [5, 5.41) is 13.4. The van der Waals surface area contributed by atoms with Crippen LogP contribution in [-0.4, -0.2) is 14.1 Å². The summed E-state index contributed by atoms with van der Waals surface area (Å²) in [4.78, 5) is 5.44. The summed E-state index contributed by atoms with van der Waals surface area (Å²) in [7, 11) is 0. The van der Waals surface area contributed by atoms with Gasteiger partial charge in [-0.3, -0.25) is 0 Å². The molecule has 3 aromatic heterocycles. The molecular formula is C63H39N3. The third kappa shape index (κ3) is 5.54. The van der Waals surface area contributed by atoms with Crippen molar-refractivity contribution in [2.45, 2.75) is 0 Å². The highest BCUT2D eigenvalue weighted by molar-refractivity contribution is 6.25. The molecule has 0 radical (unpaired) electrons. The number of aromatic nitrogens is 3. The third-order valence-corrected chi connectivity index (χ3v) is 13.8. The van der Waals surface area contributed by atoms with Crippen LogP contribution in [0.3, 0.4) is 0 Å². The Morgan fingerprint density at radius 1 is 0.273 bits per heavy atom. The number of nitrogens with zero attached hydrogens (tertiary/aromatic N) is 3. The second kappa shape index (κ2) is 14.4. The largest absolute Gasteiger partial charge is 0.309 e. The van der Waals surface area contributed by atoms with E-state index in [0.29, 0.717) is 0 Å². The maximum Gasteiger partial charge on any atom is 0.0788 e. The molecule has 0 aliphatic heterocycles. The topological polar surface area (TPSA) is 22.8 Å². The van der Waals surface area contributed by atoms with Gasteiger partial charge in [0.25, 0.3) is 0 Å². The molecule has 3 heterocycles. The first-order chi connectivity index (χ1) is 32.7. The van der Waals surface area contributed by atoms with Crippen molar-refractivity contribution in [1.82, 2.24) is 14.1 Å². The number of fused-ring (bicyclic) bond motifs is 12. The number of hydrogen-bond donors (Lipinski definition) is 0. The zero-order valence-corrected chi connectivity index (χ0v) is 35.9. The summed E-state index contributed by atoms with van der Waals surface area (Å²) in [5.74, 6) is 0. The molecule has 66 heavy (non-hydrogen) atoms. The van der Waals surface area contributed by atoms with E-state index in [1.54, 1.807) is 0 Å². The van der Waals surface area contributed by atoms with Crippen LogP contribution < -0.4 is 0 Å². The molecule has 14 rings (SSSR count). The van der Waals surface area contributed by atoms with Gasteiger partial charge in [0.1, 0.15) is 0 Å². The predicted octanol–water partition coefficient (Wildman–Crippen LogP) is 16.9. The van der Waals surface area contributed by atoms with Crippen molar-refractivity contribution >= 4 is 86.8 Å². The van der Waals surface area contributed by atoms with Gasteiger partial charge in [-0.05, 0) is 111 Å². The lowest BCUT2D eigenvalue weighted by Gasteiger charge is -2.18. The Kier molecular flexibility index (Phi) is 7.98. The van der Waals surface area contributed by atoms with Crippen LogP contribution in [0.2, 0.25) is 0 Å². The number of para-hydroxylation sites is 5. The van der Waals surface area contributed by atoms with Crippen LogP contribution >= 0.6 is 0 Å². The molecule has 0 saturated heterocycles. The fourth-order valence-corrected chi connectivity index (χ4v) is 10.9. The monoisotopic (exact) mass is 837 g/mol. The third-order valence-electron chi connectivity index (χ3n) is 13.8. The first-order valence-corrected chi connectivity index (χ1v) is 22.7. The van der Waals surface area contributed by atoms with Gasteiger partial charge in [-0.15, -0.1) is 0 Å². The van der Waals surface area contributed by atoms with Gasteiger partial charge < -0.3 is 9.13 Å². The molecule has 3 nitrogen and oxygen atoms in total. The summed E-state index contributed by atoms with van der Waals surface area (Å²) < 4.78 is 4.88. The lowest BCUT2D eigenvalue weighted by Crippen LogP contribution is -2.00. The zero-order chi connectivity index (χ0) is 43.3. The van der Waals surface area contributed by atoms with Crippen LogP contribution in [0.1, 0.15) is 0 Å². The Hall–Kier alpha value is -8.79. The van der Waals surface area contributed by atoms with E-state index < -0.39 is 0 Å². The van der Waals surface area contributed by atoms with Crippen LogP contribution in [0.25, 0.3) is 132 Å². The quantitative estimate of drug-likeness (QED) is 0.158. The second-order valence-electron chi connectivity index (χ2n) is 17.5. The number of benzene rings is 11. The summed E-state index contributed by atoms with van der Waals surface area (Å²) in [5.41, 5.74) is 14.7. The molecule has 3 heteroatoms. The molecule has 0 saturated carbocycles. The summed E-state index contributed by atoms with van der Waals surface area (Å²) in [6.45, 7) is 0. The Morgan fingerprint density at radius 3 is 1.39 bits per heavy atom. The molecule has 0 spiro atoms. The van der Waals surface area contributed by atoms with Crippen molar-refractivity contribution in [3.05, 3.63) is 237 Å². The summed E-state index contributed by atoms with van der Waals surface area (Å²) in [6, 6.07) is 86.6. The lowest BCUT2D eigenvalue weighted by atomic mass is 9.89. The number of pyridine rings is 1. The first-order valence-electron chi connectivity index (χ1n) is 22.7. The molecule has 11 aromatic carbocycles. The molecule has 0 unspecified atom stereocenters. The van der Waals surface area contributed by atoms with Gasteiger partial charge in [0.2, 0.25) is 0 Å². The SMILES string of the molecule is c1cc(-c2cc(-n3c4ccccc4c4ccccc43)cc(-n3c4ccccc4c4ccccc43)c2)cc(-c2cc3c(-c4ccc5ccccc5c4)nc4ccccc4c3c3ccccc23)c1. The highest BCUT2D eigenvalue weighted by atomic mass is 15.0. The molecule has 0 aliphatic rings. The molecule has 0 fully saturated rings. The smallest absolute Gasteiger partial charge is 0.0788 e. The summed E-state index contributed by atoms with van der Waals surface area (Å²) in [6.07, 6.45) is 0. The molecule has 0 aliphatic carbocycles. The van der Waals surface area contributed by atoms with Gasteiger partial charge in [0.15, 0.2) is 0 Å². The minimum Gasteiger partial charge on any atom is -0.309 e. The molecular weight excluding hydrogens is 799 g/mol. The Balaban J connectivity index is 1.03. The lowest BCUT2D eigenvalue weighted by molar-refractivity contribution is 1.13. The minimum absolute atomic E-state index is 0.993. The average Bonchev–Trinajstić information content (AvgIpc) is 3.91. The molecule has 0 N–H and O–H groups in total. The van der Waals surface area contributed by atoms with E-state index in [-0.39, 0.29) is 0 Å². The Labute approximate surface area is 380 Å². The highest BCUT2D eigenvalue weighted by Gasteiger charge is 2.20. The maximum absolute atomic E-state index is 5.44. The molecule has 306 valence electrons. The molecule has 0 atom stereocenters. The van der Waals surface area contributed by atoms with Gasteiger partial charge in [-0.25, -0.2) is 4.98 Å². The number of hydrogen-bond acceptors (Lipinski definition) is 1. The van der Waals surface area contributed by atoms with Crippen molar-refractivity contribution < 1.29 is 0 Å². The van der Waals surface area contributed by atoms with Crippen LogP contribution in [0, 0.1) is 0 Å². The van der Waals surface area contributed by atoms with Gasteiger partial charge in [0.05, 0.1) is 33.3 Å². The van der Waals surface area contributed by atoms with Crippen LogP contribution in [0.15, 0.2) is 237 Å². The standard InChI is InChI=1S/C63H39N3/c1-2-17-41-35-44(33-32-40(41)16-1)63-56-39-55(48-20-3-4-25-53(48)62(56)54-26-5-10-27-57(54)64-63)43-19-15-18-42(34-43)45-36-46(65-58-28-11-6-21-49(58)50-22-7-12-29-59(50)65)38-47(37-45)66-60-30-13-8-23-51(60)52-24-9-14-31-61(52)66/h1-39H. The van der Waals surface area contributed by atoms with Crippen molar-refractivity contribution in [2.24, 2.45) is 0 Å². The predicted molar refractivity (Wildman–Crippen MR) is 279 cm³/mol. The average molecular weight is 838 g/mol. The molecule has 14 aromatic rings. The fourth-order valence-electron chi connectivity index (χ4n) is 10.9. The highest BCUT2D eigenvalue weighted by Crippen LogP contribution is 2.44. The zero-order valence-electron chi connectivity index (χ0n) is 35.9. The molecule has 0 amide bonds. The van der Waals surface area contributed by atoms with Crippen molar-refractivity contribution in [2.75, 3.05) is 0 Å². The second-order valence-corrected chi connectivity index (χ2v) is 17.5. The van der Waals surface area contributed by atoms with E-state index in [1.807, 2.05) is 0 Å². The Bertz CT molecular complexity index is 4060. The van der Waals surface area contributed by atoms with Gasteiger partial charge in [0, 0.05) is 54.6 Å². The van der Waals surface area contributed by atoms with Crippen molar-refractivity contribution in [1.29, 1.82) is 0 Å². The molecule has 0 bridgehead atoms. The van der Waals surface area contributed by atoms with E-state index in [2.05, 4.69) is 246 Å². The van der Waals surface area contributed by atoms with Gasteiger partial charge in [-0.2, -0.15) is 0 Å². The van der Waals surface area contributed by atoms with E-state index in [4.69, 9.17) is 4.98 Å². The van der Waals surface area contributed by atoms with Crippen LogP contribution in [0.4, 0.5) is 0 Å². The Morgan fingerprint density at radius 2 is 0.773 bits per heavy atom. The summed E-state index contributed by atoms with van der Waals surface area (Å²) >= 11 is 0. The minimum atomic E-state index is 0.993. The normalized spacial score (nSPS) is 11.9. The van der Waals surface area contributed by atoms with Crippen LogP contribution in [0.5, 0.6) is 0 Å². The van der Waals surface area contributed by atoms with E-state index in [9.17, 15) is 0 Å². The van der Waals surface area contributed by atoms with E-state index in [0.717, 1.165) is 55.6 Å². The van der Waals surface area contributed by atoms with Gasteiger partial charge in [-0.1, -0.05) is 170 Å². The van der Waals surface area contributed by atoms with E-state index >= 15 is 0 Å². The first kappa shape index (κ1) is 36.7. The van der Waals surface area contributed by atoms with Gasteiger partial charge >= 0.3 is 0 Å². The van der Waals surface area contributed by atoms with Crippen molar-refractivity contribution in [3.63, 3.8) is 0 Å². The van der Waals surface area contributed by atoms with Crippen molar-refractivity contribution in [3.8, 4) is 44.9 Å². The number of rotatable bonds is 5.